The van der Waals surface area contributed by atoms with Gasteiger partial charge in [-0.1, -0.05) is 24.6 Å². The first kappa shape index (κ1) is 22.8. The van der Waals surface area contributed by atoms with Crippen molar-refractivity contribution in [2.24, 2.45) is 0 Å². The van der Waals surface area contributed by atoms with Crippen LogP contribution in [-0.2, 0) is 9.59 Å². The maximum absolute atomic E-state index is 12.1. The molecule has 0 aliphatic carbocycles. The highest BCUT2D eigenvalue weighted by Crippen LogP contribution is 2.29. The highest BCUT2D eigenvalue weighted by molar-refractivity contribution is 6.30. The lowest BCUT2D eigenvalue weighted by molar-refractivity contribution is -0.136. The van der Waals surface area contributed by atoms with Crippen molar-refractivity contribution < 1.29 is 23.8 Å². The van der Waals surface area contributed by atoms with E-state index < -0.39 is 11.9 Å². The van der Waals surface area contributed by atoms with Gasteiger partial charge >= 0.3 is 5.97 Å². The van der Waals surface area contributed by atoms with Crippen LogP contribution in [-0.4, -0.2) is 32.1 Å². The number of nitriles is 1. The Morgan fingerprint density at radius 2 is 1.90 bits per heavy atom. The molecule has 1 amide bonds. The van der Waals surface area contributed by atoms with Gasteiger partial charge in [0, 0.05) is 11.6 Å². The Hall–Kier alpha value is -3.50. The van der Waals surface area contributed by atoms with E-state index in [1.807, 2.05) is 13.0 Å². The Bertz CT molecular complexity index is 964. The molecule has 0 spiro atoms. The summed E-state index contributed by atoms with van der Waals surface area (Å²) in [6.45, 7) is 2.10. The van der Waals surface area contributed by atoms with Crippen LogP contribution in [0.15, 0.2) is 48.0 Å². The fourth-order valence-corrected chi connectivity index (χ4v) is 2.46. The number of methoxy groups -OCH3 is 1. The number of hydrogen-bond acceptors (Lipinski definition) is 6. The molecule has 2 aromatic rings. The van der Waals surface area contributed by atoms with Crippen molar-refractivity contribution in [3.63, 3.8) is 0 Å². The largest absolute Gasteiger partial charge is 0.493 e. The molecule has 7 nitrogen and oxygen atoms in total. The first-order valence-corrected chi connectivity index (χ1v) is 9.51. The van der Waals surface area contributed by atoms with E-state index in [0.717, 1.165) is 6.42 Å². The van der Waals surface area contributed by atoms with E-state index >= 15 is 0 Å². The van der Waals surface area contributed by atoms with E-state index in [0.29, 0.717) is 22.9 Å². The summed E-state index contributed by atoms with van der Waals surface area (Å²) in [6, 6.07) is 13.1. The second kappa shape index (κ2) is 11.5. The average Bonchev–Trinajstić information content (AvgIpc) is 2.76. The monoisotopic (exact) mass is 428 g/mol. The van der Waals surface area contributed by atoms with Crippen LogP contribution in [0.4, 0.5) is 0 Å². The summed E-state index contributed by atoms with van der Waals surface area (Å²) in [4.78, 5) is 24.1. The van der Waals surface area contributed by atoms with Crippen molar-refractivity contribution >= 4 is 29.6 Å². The van der Waals surface area contributed by atoms with Gasteiger partial charge in [0.2, 0.25) is 0 Å². The van der Waals surface area contributed by atoms with Gasteiger partial charge in [-0.05, 0) is 54.5 Å². The van der Waals surface area contributed by atoms with Crippen molar-refractivity contribution in [1.82, 2.24) is 5.32 Å². The Morgan fingerprint density at radius 3 is 2.53 bits per heavy atom. The number of nitrogens with zero attached hydrogens (tertiary/aromatic N) is 1. The van der Waals surface area contributed by atoms with E-state index in [-0.39, 0.29) is 23.7 Å². The van der Waals surface area contributed by atoms with E-state index in [1.165, 1.54) is 19.3 Å². The van der Waals surface area contributed by atoms with Crippen LogP contribution >= 0.6 is 11.6 Å². The zero-order valence-electron chi connectivity index (χ0n) is 16.6. The summed E-state index contributed by atoms with van der Waals surface area (Å²) >= 11 is 5.80. The predicted molar refractivity (Wildman–Crippen MR) is 112 cm³/mol. The SMILES string of the molecule is CCCNC(=O)/C(C#N)=C/c1ccc(OC(=O)COc2ccc(Cl)cc2)c(OC)c1. The summed E-state index contributed by atoms with van der Waals surface area (Å²) in [6.07, 6.45) is 2.20. The topological polar surface area (TPSA) is 97.7 Å². The second-order valence-electron chi connectivity index (χ2n) is 6.05. The molecule has 0 bridgehead atoms. The quantitative estimate of drug-likeness (QED) is 0.282. The highest BCUT2D eigenvalue weighted by Gasteiger charge is 2.13. The lowest BCUT2D eigenvalue weighted by Gasteiger charge is -2.11. The van der Waals surface area contributed by atoms with Gasteiger partial charge in [-0.25, -0.2) is 4.79 Å². The zero-order chi connectivity index (χ0) is 21.9. The number of carbonyl (C=O) groups is 2. The van der Waals surface area contributed by atoms with Crippen LogP contribution < -0.4 is 19.5 Å². The molecular formula is C22H21ClN2O5. The van der Waals surface area contributed by atoms with Gasteiger partial charge in [0.1, 0.15) is 17.4 Å². The number of carbonyl (C=O) groups excluding carboxylic acids is 2. The molecule has 0 aliphatic rings. The number of rotatable bonds is 9. The fourth-order valence-electron chi connectivity index (χ4n) is 2.33. The number of esters is 1. The summed E-state index contributed by atoms with van der Waals surface area (Å²) < 4.78 is 15.9. The predicted octanol–water partition coefficient (Wildman–Crippen LogP) is 3.77. The van der Waals surface area contributed by atoms with Crippen LogP contribution in [0, 0.1) is 11.3 Å². The fraction of sp³-hybridized carbons (Fsp3) is 0.227. The molecule has 0 heterocycles. The molecule has 0 fully saturated rings. The van der Waals surface area contributed by atoms with Crippen LogP contribution in [0.3, 0.4) is 0 Å². The highest BCUT2D eigenvalue weighted by atomic mass is 35.5. The number of benzene rings is 2. The number of nitrogens with one attached hydrogen (secondary N) is 1. The maximum atomic E-state index is 12.1. The Morgan fingerprint density at radius 1 is 1.17 bits per heavy atom. The normalized spacial score (nSPS) is 10.7. The molecule has 156 valence electrons. The van der Waals surface area contributed by atoms with Gasteiger partial charge in [-0.15, -0.1) is 0 Å². The van der Waals surface area contributed by atoms with E-state index in [1.54, 1.807) is 36.4 Å². The molecule has 0 atom stereocenters. The van der Waals surface area contributed by atoms with Crippen molar-refractivity contribution in [2.75, 3.05) is 20.3 Å². The van der Waals surface area contributed by atoms with Gasteiger partial charge in [0.25, 0.3) is 5.91 Å². The Balaban J connectivity index is 2.06. The van der Waals surface area contributed by atoms with Crippen LogP contribution in [0.5, 0.6) is 17.2 Å². The van der Waals surface area contributed by atoms with E-state index in [4.69, 9.17) is 25.8 Å². The third kappa shape index (κ3) is 6.83. The summed E-state index contributed by atoms with van der Waals surface area (Å²) in [5.74, 6) is -0.131. The lowest BCUT2D eigenvalue weighted by atomic mass is 10.1. The molecule has 0 aromatic heterocycles. The Kier molecular flexibility index (Phi) is 8.73. The molecular weight excluding hydrogens is 408 g/mol. The number of halogens is 1. The minimum absolute atomic E-state index is 0.0355. The van der Waals surface area contributed by atoms with Crippen LogP contribution in [0.2, 0.25) is 5.02 Å². The smallest absolute Gasteiger partial charge is 0.349 e. The van der Waals surface area contributed by atoms with E-state index in [9.17, 15) is 14.9 Å². The number of amides is 1. The van der Waals surface area contributed by atoms with Gasteiger partial charge in [-0.2, -0.15) is 5.26 Å². The molecule has 0 saturated heterocycles. The molecule has 8 heteroatoms. The van der Waals surface area contributed by atoms with Gasteiger partial charge in [0.05, 0.1) is 7.11 Å². The van der Waals surface area contributed by atoms with Crippen LogP contribution in [0.1, 0.15) is 18.9 Å². The van der Waals surface area contributed by atoms with Crippen molar-refractivity contribution in [3.05, 3.63) is 58.6 Å². The van der Waals surface area contributed by atoms with Crippen molar-refractivity contribution in [1.29, 1.82) is 5.26 Å². The standard InChI is InChI=1S/C22H21ClN2O5/c1-3-10-25-22(27)16(13-24)11-15-4-9-19(20(12-15)28-2)30-21(26)14-29-18-7-5-17(23)6-8-18/h4-9,11-12H,3,10,14H2,1-2H3,(H,25,27)/b16-11+. The minimum Gasteiger partial charge on any atom is -0.493 e. The molecule has 2 aromatic carbocycles. The second-order valence-corrected chi connectivity index (χ2v) is 6.49. The lowest BCUT2D eigenvalue weighted by Crippen LogP contribution is -2.25. The number of ether oxygens (including phenoxy) is 3. The van der Waals surface area contributed by atoms with Crippen molar-refractivity contribution in [3.8, 4) is 23.3 Å². The molecule has 30 heavy (non-hydrogen) atoms. The average molecular weight is 429 g/mol. The molecule has 1 N–H and O–H groups in total. The third-order valence-corrected chi connectivity index (χ3v) is 4.05. The first-order chi connectivity index (χ1) is 14.5. The zero-order valence-corrected chi connectivity index (χ0v) is 17.4. The Labute approximate surface area is 179 Å². The van der Waals surface area contributed by atoms with Crippen LogP contribution in [0.25, 0.3) is 6.08 Å². The van der Waals surface area contributed by atoms with Gasteiger partial charge in [0.15, 0.2) is 18.1 Å². The summed E-state index contributed by atoms with van der Waals surface area (Å²) in [5, 5.41) is 12.4. The molecule has 2 rings (SSSR count). The summed E-state index contributed by atoms with van der Waals surface area (Å²) in [5.41, 5.74) is 0.513. The molecule has 0 saturated carbocycles. The van der Waals surface area contributed by atoms with Gasteiger partial charge in [-0.3, -0.25) is 4.79 Å². The maximum Gasteiger partial charge on any atom is 0.349 e. The molecule has 0 unspecified atom stereocenters. The van der Waals surface area contributed by atoms with Gasteiger partial charge < -0.3 is 19.5 Å². The number of hydrogen-bond donors (Lipinski definition) is 1. The van der Waals surface area contributed by atoms with E-state index in [2.05, 4.69) is 5.32 Å². The summed E-state index contributed by atoms with van der Waals surface area (Å²) in [7, 11) is 1.42. The van der Waals surface area contributed by atoms with Crippen molar-refractivity contribution in [2.45, 2.75) is 13.3 Å². The molecule has 0 radical (unpaired) electrons. The minimum atomic E-state index is -0.622. The molecule has 0 aliphatic heterocycles. The first-order valence-electron chi connectivity index (χ1n) is 9.14. The third-order valence-electron chi connectivity index (χ3n) is 3.79.